The molecule has 0 unspecified atom stereocenters. The minimum atomic E-state index is -0.422. The molecule has 6 nitrogen and oxygen atoms in total. The molecule has 27 heavy (non-hydrogen) atoms. The van der Waals surface area contributed by atoms with Crippen molar-refractivity contribution in [2.45, 2.75) is 13.3 Å². The van der Waals surface area contributed by atoms with E-state index in [4.69, 9.17) is 4.74 Å². The van der Waals surface area contributed by atoms with Gasteiger partial charge in [0.15, 0.2) is 0 Å². The number of hydrogen-bond acceptors (Lipinski definition) is 4. The summed E-state index contributed by atoms with van der Waals surface area (Å²) in [5.41, 5.74) is 3.58. The zero-order valence-corrected chi connectivity index (χ0v) is 15.8. The van der Waals surface area contributed by atoms with E-state index in [2.05, 4.69) is 41.4 Å². The largest absolute Gasteiger partial charge is 0.465 e. The number of piperazine rings is 1. The number of nitrogens with one attached hydrogen (secondary N) is 1. The van der Waals surface area contributed by atoms with Gasteiger partial charge in [0.2, 0.25) is 0 Å². The van der Waals surface area contributed by atoms with Gasteiger partial charge < -0.3 is 19.9 Å². The summed E-state index contributed by atoms with van der Waals surface area (Å²) in [4.78, 5) is 28.3. The fraction of sp³-hybridized carbons (Fsp3) is 0.333. The van der Waals surface area contributed by atoms with Crippen molar-refractivity contribution in [3.63, 3.8) is 0 Å². The Balaban J connectivity index is 1.60. The molecule has 1 heterocycles. The first-order chi connectivity index (χ1) is 13.1. The van der Waals surface area contributed by atoms with Crippen LogP contribution < -0.4 is 10.2 Å². The summed E-state index contributed by atoms with van der Waals surface area (Å²) in [6.45, 7) is 5.06. The van der Waals surface area contributed by atoms with Crippen LogP contribution in [-0.2, 0) is 11.2 Å². The number of carbonyl (C=O) groups excluding carboxylic acids is 2. The van der Waals surface area contributed by atoms with Gasteiger partial charge in [-0.3, -0.25) is 0 Å². The second-order valence-corrected chi connectivity index (χ2v) is 6.46. The number of methoxy groups -OCH3 is 1. The molecule has 0 spiro atoms. The number of nitrogens with zero attached hydrogens (tertiary/aromatic N) is 2. The third kappa shape index (κ3) is 4.39. The number of anilines is 2. The second-order valence-electron chi connectivity index (χ2n) is 6.46. The maximum atomic E-state index is 12.6. The molecule has 0 bridgehead atoms. The Morgan fingerprint density at radius 1 is 1.04 bits per heavy atom. The maximum absolute atomic E-state index is 12.6. The number of ether oxygens (including phenoxy) is 1. The number of aryl methyl sites for hydroxylation is 1. The molecule has 1 fully saturated rings. The quantitative estimate of drug-likeness (QED) is 0.842. The first-order valence-corrected chi connectivity index (χ1v) is 9.19. The fourth-order valence-electron chi connectivity index (χ4n) is 3.31. The molecular formula is C21H25N3O3. The Morgan fingerprint density at radius 3 is 2.48 bits per heavy atom. The maximum Gasteiger partial charge on any atom is 0.337 e. The zero-order chi connectivity index (χ0) is 19.2. The van der Waals surface area contributed by atoms with Crippen molar-refractivity contribution in [1.82, 2.24) is 4.90 Å². The van der Waals surface area contributed by atoms with E-state index in [1.54, 1.807) is 29.2 Å². The van der Waals surface area contributed by atoms with Crippen molar-refractivity contribution in [2.24, 2.45) is 0 Å². The number of amides is 2. The Bertz CT molecular complexity index is 814. The normalized spacial score (nSPS) is 14.0. The monoisotopic (exact) mass is 367 g/mol. The highest BCUT2D eigenvalue weighted by Gasteiger charge is 2.22. The topological polar surface area (TPSA) is 61.9 Å². The highest BCUT2D eigenvalue weighted by Crippen LogP contribution is 2.22. The lowest BCUT2D eigenvalue weighted by atomic mass is 10.1. The molecule has 0 aliphatic carbocycles. The average molecular weight is 367 g/mol. The summed E-state index contributed by atoms with van der Waals surface area (Å²) in [5.74, 6) is -0.422. The van der Waals surface area contributed by atoms with Gasteiger partial charge in [-0.15, -0.1) is 0 Å². The van der Waals surface area contributed by atoms with Crippen molar-refractivity contribution in [3.05, 3.63) is 59.7 Å². The van der Waals surface area contributed by atoms with Crippen molar-refractivity contribution >= 4 is 23.4 Å². The van der Waals surface area contributed by atoms with Gasteiger partial charge in [0.05, 0.1) is 12.7 Å². The Hall–Kier alpha value is -3.02. The molecule has 1 aliphatic rings. The van der Waals surface area contributed by atoms with E-state index >= 15 is 0 Å². The lowest BCUT2D eigenvalue weighted by Gasteiger charge is -2.37. The lowest BCUT2D eigenvalue weighted by molar-refractivity contribution is 0.0600. The molecule has 0 saturated carbocycles. The van der Waals surface area contributed by atoms with E-state index in [-0.39, 0.29) is 6.03 Å². The molecule has 1 N–H and O–H groups in total. The van der Waals surface area contributed by atoms with Gasteiger partial charge in [0.1, 0.15) is 0 Å². The van der Waals surface area contributed by atoms with Crippen LogP contribution in [-0.4, -0.2) is 50.2 Å². The number of para-hydroxylation sites is 1. The summed E-state index contributed by atoms with van der Waals surface area (Å²) < 4.78 is 4.72. The van der Waals surface area contributed by atoms with Crippen LogP contribution in [0.15, 0.2) is 48.5 Å². The van der Waals surface area contributed by atoms with Crippen LogP contribution in [0, 0.1) is 0 Å². The number of benzene rings is 2. The number of rotatable bonds is 4. The highest BCUT2D eigenvalue weighted by molar-refractivity contribution is 5.94. The second kappa shape index (κ2) is 8.58. The highest BCUT2D eigenvalue weighted by atomic mass is 16.5. The Labute approximate surface area is 159 Å². The van der Waals surface area contributed by atoms with E-state index in [1.807, 2.05) is 0 Å². The van der Waals surface area contributed by atoms with Gasteiger partial charge in [-0.2, -0.15) is 0 Å². The first kappa shape index (κ1) is 18.8. The first-order valence-electron chi connectivity index (χ1n) is 9.19. The average Bonchev–Trinajstić information content (AvgIpc) is 2.73. The standard InChI is InChI=1S/C21H25N3O3/c1-3-16-7-4-5-10-19(16)23-11-13-24(14-12-23)21(26)22-18-9-6-8-17(15-18)20(25)27-2/h4-10,15H,3,11-14H2,1-2H3,(H,22,26). The van der Waals surface area contributed by atoms with Crippen LogP contribution in [0.5, 0.6) is 0 Å². The van der Waals surface area contributed by atoms with Crippen LogP contribution in [0.4, 0.5) is 16.2 Å². The van der Waals surface area contributed by atoms with E-state index in [0.717, 1.165) is 19.5 Å². The van der Waals surface area contributed by atoms with Gasteiger partial charge in [0.25, 0.3) is 0 Å². The molecular weight excluding hydrogens is 342 g/mol. The SMILES string of the molecule is CCc1ccccc1N1CCN(C(=O)Nc2cccc(C(=O)OC)c2)CC1. The van der Waals surface area contributed by atoms with Gasteiger partial charge in [-0.25, -0.2) is 9.59 Å². The number of hydrogen-bond donors (Lipinski definition) is 1. The molecule has 1 aliphatic heterocycles. The molecule has 2 amide bonds. The van der Waals surface area contributed by atoms with Crippen LogP contribution >= 0.6 is 0 Å². The van der Waals surface area contributed by atoms with E-state index in [1.165, 1.54) is 18.4 Å². The Kier molecular flexibility index (Phi) is 5.96. The van der Waals surface area contributed by atoms with Crippen molar-refractivity contribution in [3.8, 4) is 0 Å². The smallest absolute Gasteiger partial charge is 0.337 e. The molecule has 6 heteroatoms. The molecule has 3 rings (SSSR count). The van der Waals surface area contributed by atoms with Crippen molar-refractivity contribution in [1.29, 1.82) is 0 Å². The van der Waals surface area contributed by atoms with Crippen LogP contribution in [0.3, 0.4) is 0 Å². The fourth-order valence-corrected chi connectivity index (χ4v) is 3.31. The van der Waals surface area contributed by atoms with Crippen molar-refractivity contribution in [2.75, 3.05) is 43.5 Å². The summed E-state index contributed by atoms with van der Waals surface area (Å²) in [5, 5.41) is 2.87. The molecule has 2 aromatic rings. The summed E-state index contributed by atoms with van der Waals surface area (Å²) in [6.07, 6.45) is 0.993. The van der Waals surface area contributed by atoms with Gasteiger partial charge in [-0.05, 0) is 36.2 Å². The Morgan fingerprint density at radius 2 is 1.78 bits per heavy atom. The molecule has 1 saturated heterocycles. The lowest BCUT2D eigenvalue weighted by Crippen LogP contribution is -2.50. The van der Waals surface area contributed by atoms with Crippen LogP contribution in [0.25, 0.3) is 0 Å². The third-order valence-corrected chi connectivity index (χ3v) is 4.82. The predicted molar refractivity (Wildman–Crippen MR) is 106 cm³/mol. The minimum absolute atomic E-state index is 0.152. The van der Waals surface area contributed by atoms with Crippen LogP contribution in [0.1, 0.15) is 22.8 Å². The van der Waals surface area contributed by atoms with E-state index < -0.39 is 5.97 Å². The molecule has 2 aromatic carbocycles. The number of carbonyl (C=O) groups is 2. The number of urea groups is 1. The van der Waals surface area contributed by atoms with E-state index in [9.17, 15) is 9.59 Å². The minimum Gasteiger partial charge on any atom is -0.465 e. The van der Waals surface area contributed by atoms with Crippen molar-refractivity contribution < 1.29 is 14.3 Å². The van der Waals surface area contributed by atoms with Gasteiger partial charge in [-0.1, -0.05) is 31.2 Å². The molecule has 142 valence electrons. The predicted octanol–water partition coefficient (Wildman–Crippen LogP) is 3.39. The summed E-state index contributed by atoms with van der Waals surface area (Å²) >= 11 is 0. The summed E-state index contributed by atoms with van der Waals surface area (Å²) in [7, 11) is 1.34. The number of esters is 1. The zero-order valence-electron chi connectivity index (χ0n) is 15.8. The van der Waals surface area contributed by atoms with Crippen LogP contribution in [0.2, 0.25) is 0 Å². The van der Waals surface area contributed by atoms with Gasteiger partial charge in [0, 0.05) is 37.6 Å². The third-order valence-electron chi connectivity index (χ3n) is 4.82. The molecule has 0 aromatic heterocycles. The molecule has 0 atom stereocenters. The van der Waals surface area contributed by atoms with E-state index in [0.29, 0.717) is 24.3 Å². The summed E-state index contributed by atoms with van der Waals surface area (Å²) in [6, 6.07) is 15.0. The molecule has 0 radical (unpaired) electrons. The van der Waals surface area contributed by atoms with Gasteiger partial charge >= 0.3 is 12.0 Å².